The first-order valence-corrected chi connectivity index (χ1v) is 9.50. The first-order chi connectivity index (χ1) is 14.0. The van der Waals surface area contributed by atoms with Crippen molar-refractivity contribution in [2.45, 2.75) is 19.6 Å². The third-order valence-electron chi connectivity index (χ3n) is 5.01. The molecule has 2 N–H and O–H groups in total. The van der Waals surface area contributed by atoms with Crippen LogP contribution < -0.4 is 10.2 Å². The van der Waals surface area contributed by atoms with Crippen molar-refractivity contribution in [2.24, 2.45) is 0 Å². The van der Waals surface area contributed by atoms with Crippen LogP contribution in [0.3, 0.4) is 0 Å². The summed E-state index contributed by atoms with van der Waals surface area (Å²) in [4.78, 5) is 11.5. The molecule has 0 bridgehead atoms. The Kier molecular flexibility index (Phi) is 5.55. The number of nitrogens with zero attached hydrogens (tertiary/aromatic N) is 3. The summed E-state index contributed by atoms with van der Waals surface area (Å²) < 4.78 is 32.2. The molecule has 29 heavy (non-hydrogen) atoms. The normalized spacial score (nSPS) is 15.5. The second-order valence-electron chi connectivity index (χ2n) is 7.03. The van der Waals surface area contributed by atoms with E-state index in [1.54, 1.807) is 12.3 Å². The molecule has 0 radical (unpaired) electrons. The topological polar surface area (TPSA) is 70.5 Å². The average molecular weight is 400 g/mol. The first-order valence-electron chi connectivity index (χ1n) is 9.50. The summed E-state index contributed by atoms with van der Waals surface area (Å²) >= 11 is 0. The number of ether oxygens (including phenoxy) is 1. The zero-order chi connectivity index (χ0) is 20.4. The van der Waals surface area contributed by atoms with E-state index in [1.807, 2.05) is 13.0 Å². The van der Waals surface area contributed by atoms with Crippen molar-refractivity contribution in [3.8, 4) is 0 Å². The molecule has 1 aliphatic heterocycles. The van der Waals surface area contributed by atoms with Crippen LogP contribution in [-0.4, -0.2) is 41.4 Å². The van der Waals surface area contributed by atoms with E-state index in [4.69, 9.17) is 9.72 Å². The van der Waals surface area contributed by atoms with Gasteiger partial charge >= 0.3 is 0 Å². The van der Waals surface area contributed by atoms with E-state index < -0.39 is 11.6 Å². The fourth-order valence-corrected chi connectivity index (χ4v) is 3.47. The number of hydrogen-bond acceptors (Lipinski definition) is 6. The highest BCUT2D eigenvalue weighted by Crippen LogP contribution is 2.29. The van der Waals surface area contributed by atoms with Crippen molar-refractivity contribution in [3.05, 3.63) is 59.3 Å². The number of aromatic nitrogens is 2. The Morgan fingerprint density at radius 2 is 1.97 bits per heavy atom. The SMILES string of the molecule is CC(Nc1ccc(F)c(F)c1)c1cc(CO)cc2ncc(N3CCOCC3)nc12. The number of anilines is 2. The molecule has 152 valence electrons. The van der Waals surface area contributed by atoms with E-state index in [-0.39, 0.29) is 12.6 Å². The van der Waals surface area contributed by atoms with Crippen LogP contribution in [0.4, 0.5) is 20.3 Å². The molecule has 1 aliphatic rings. The third kappa shape index (κ3) is 4.13. The Balaban J connectivity index is 1.72. The highest BCUT2D eigenvalue weighted by atomic mass is 19.2. The molecule has 1 aromatic heterocycles. The van der Waals surface area contributed by atoms with Crippen LogP contribution in [0, 0.1) is 11.6 Å². The summed E-state index contributed by atoms with van der Waals surface area (Å²) in [6.07, 6.45) is 1.73. The number of aliphatic hydroxyl groups excluding tert-OH is 1. The van der Waals surface area contributed by atoms with Gasteiger partial charge in [0.05, 0.1) is 43.1 Å². The van der Waals surface area contributed by atoms with E-state index in [2.05, 4.69) is 15.2 Å². The van der Waals surface area contributed by atoms with Crippen molar-refractivity contribution in [1.29, 1.82) is 0 Å². The van der Waals surface area contributed by atoms with Crippen molar-refractivity contribution in [3.63, 3.8) is 0 Å². The number of halogens is 2. The molecule has 2 aromatic carbocycles. The van der Waals surface area contributed by atoms with Gasteiger partial charge in [0, 0.05) is 30.4 Å². The van der Waals surface area contributed by atoms with Gasteiger partial charge in [-0.05, 0) is 36.8 Å². The lowest BCUT2D eigenvalue weighted by Crippen LogP contribution is -2.36. The monoisotopic (exact) mass is 400 g/mol. The maximum atomic E-state index is 13.6. The lowest BCUT2D eigenvalue weighted by molar-refractivity contribution is 0.122. The molecule has 0 amide bonds. The second-order valence-corrected chi connectivity index (χ2v) is 7.03. The fourth-order valence-electron chi connectivity index (χ4n) is 3.47. The second kappa shape index (κ2) is 8.26. The lowest BCUT2D eigenvalue weighted by atomic mass is 10.0. The fraction of sp³-hybridized carbons (Fsp3) is 0.333. The van der Waals surface area contributed by atoms with Crippen molar-refractivity contribution >= 4 is 22.5 Å². The molecule has 1 atom stereocenters. The van der Waals surface area contributed by atoms with E-state index in [9.17, 15) is 13.9 Å². The van der Waals surface area contributed by atoms with Crippen LogP contribution in [0.15, 0.2) is 36.5 Å². The summed E-state index contributed by atoms with van der Waals surface area (Å²) in [5.41, 5.74) is 3.35. The van der Waals surface area contributed by atoms with Gasteiger partial charge in [0.1, 0.15) is 5.82 Å². The standard InChI is InChI=1S/C21H22F2N4O2/c1-13(25-15-2-3-17(22)18(23)10-15)16-8-14(12-28)9-19-21(16)26-20(11-24-19)27-4-6-29-7-5-27/h2-3,8-11,13,25,28H,4-7,12H2,1H3. The molecule has 8 heteroatoms. The van der Waals surface area contributed by atoms with Crippen LogP contribution in [0.2, 0.25) is 0 Å². The number of fused-ring (bicyclic) bond motifs is 1. The highest BCUT2D eigenvalue weighted by molar-refractivity contribution is 5.81. The number of rotatable bonds is 5. The zero-order valence-corrected chi connectivity index (χ0v) is 16.0. The molecule has 0 aliphatic carbocycles. The summed E-state index contributed by atoms with van der Waals surface area (Å²) in [6, 6.07) is 7.08. The van der Waals surface area contributed by atoms with Gasteiger partial charge in [-0.2, -0.15) is 0 Å². The molecule has 6 nitrogen and oxygen atoms in total. The molecule has 1 unspecified atom stereocenters. The Morgan fingerprint density at radius 3 is 2.69 bits per heavy atom. The van der Waals surface area contributed by atoms with Crippen LogP contribution in [0.5, 0.6) is 0 Å². The zero-order valence-electron chi connectivity index (χ0n) is 16.0. The smallest absolute Gasteiger partial charge is 0.160 e. The predicted molar refractivity (Wildman–Crippen MR) is 107 cm³/mol. The van der Waals surface area contributed by atoms with Crippen LogP contribution in [-0.2, 0) is 11.3 Å². The van der Waals surface area contributed by atoms with Gasteiger partial charge in [0.25, 0.3) is 0 Å². The predicted octanol–water partition coefficient (Wildman–Crippen LogP) is 3.41. The Morgan fingerprint density at radius 1 is 1.17 bits per heavy atom. The molecule has 2 heterocycles. The van der Waals surface area contributed by atoms with Crippen LogP contribution in [0.25, 0.3) is 11.0 Å². The lowest BCUT2D eigenvalue weighted by Gasteiger charge is -2.28. The summed E-state index contributed by atoms with van der Waals surface area (Å²) in [5, 5.41) is 12.8. The molecule has 0 saturated carbocycles. The van der Waals surface area contributed by atoms with Crippen molar-refractivity contribution < 1.29 is 18.6 Å². The molecule has 4 rings (SSSR count). The minimum absolute atomic E-state index is 0.131. The van der Waals surface area contributed by atoms with Gasteiger partial charge < -0.3 is 20.1 Å². The van der Waals surface area contributed by atoms with Crippen molar-refractivity contribution in [1.82, 2.24) is 9.97 Å². The maximum absolute atomic E-state index is 13.6. The van der Waals surface area contributed by atoms with E-state index in [0.717, 1.165) is 36.6 Å². The average Bonchev–Trinajstić information content (AvgIpc) is 2.75. The minimum atomic E-state index is -0.912. The largest absolute Gasteiger partial charge is 0.392 e. The summed E-state index contributed by atoms with van der Waals surface area (Å²) in [7, 11) is 0. The van der Waals surface area contributed by atoms with Gasteiger partial charge in [-0.3, -0.25) is 4.98 Å². The summed E-state index contributed by atoms with van der Waals surface area (Å²) in [5.74, 6) is -1.04. The molecular formula is C21H22F2N4O2. The van der Waals surface area contributed by atoms with E-state index in [1.165, 1.54) is 6.07 Å². The number of hydrogen-bond donors (Lipinski definition) is 2. The maximum Gasteiger partial charge on any atom is 0.160 e. The summed E-state index contributed by atoms with van der Waals surface area (Å²) in [6.45, 7) is 4.54. The Hall–Kier alpha value is -2.84. The quantitative estimate of drug-likeness (QED) is 0.684. The van der Waals surface area contributed by atoms with Crippen molar-refractivity contribution in [2.75, 3.05) is 36.5 Å². The molecule has 3 aromatic rings. The van der Waals surface area contributed by atoms with Gasteiger partial charge in [0.2, 0.25) is 0 Å². The molecule has 1 fully saturated rings. The molecular weight excluding hydrogens is 378 g/mol. The van der Waals surface area contributed by atoms with Crippen LogP contribution >= 0.6 is 0 Å². The van der Waals surface area contributed by atoms with Gasteiger partial charge in [-0.25, -0.2) is 13.8 Å². The Bertz CT molecular complexity index is 1020. The van der Waals surface area contributed by atoms with Crippen LogP contribution in [0.1, 0.15) is 24.1 Å². The van der Waals surface area contributed by atoms with E-state index >= 15 is 0 Å². The third-order valence-corrected chi connectivity index (χ3v) is 5.01. The minimum Gasteiger partial charge on any atom is -0.392 e. The van der Waals surface area contributed by atoms with Gasteiger partial charge in [-0.15, -0.1) is 0 Å². The number of nitrogens with one attached hydrogen (secondary N) is 1. The number of aliphatic hydroxyl groups is 1. The van der Waals surface area contributed by atoms with E-state index in [0.29, 0.717) is 35.5 Å². The van der Waals surface area contributed by atoms with Gasteiger partial charge in [-0.1, -0.05) is 0 Å². The Labute approximate surface area is 167 Å². The molecule has 1 saturated heterocycles. The van der Waals surface area contributed by atoms with Gasteiger partial charge in [0.15, 0.2) is 11.6 Å². The first kappa shape index (κ1) is 19.5. The number of morpholine rings is 1. The molecule has 0 spiro atoms. The number of benzene rings is 2. The highest BCUT2D eigenvalue weighted by Gasteiger charge is 2.18.